The molecule has 2 bridgehead atoms. The minimum Gasteiger partial charge on any atom is -0.305 e. The summed E-state index contributed by atoms with van der Waals surface area (Å²) in [6.45, 7) is 7.67. The van der Waals surface area contributed by atoms with Crippen LogP contribution in [0.1, 0.15) is 52.9 Å². The number of rotatable bonds is 1. The molecule has 3 rings (SSSR count). The molecule has 0 radical (unpaired) electrons. The highest BCUT2D eigenvalue weighted by Crippen LogP contribution is 2.77. The maximum atomic E-state index is 2.57. The summed E-state index contributed by atoms with van der Waals surface area (Å²) in [6, 6.07) is 0.836. The second-order valence-corrected chi connectivity index (χ2v) is 7.68. The molecule has 0 saturated heterocycles. The van der Waals surface area contributed by atoms with Gasteiger partial charge in [0.25, 0.3) is 0 Å². The standard InChI is InChI=1S/C15H27N/c1-13(2)11-7-10-14(13,3)12(16(4)5)15(11)8-6-9-15/h11-12H,6-10H2,1-5H3/t11-,12+,14-/m1/s1. The lowest BCUT2D eigenvalue weighted by Gasteiger charge is -2.55. The van der Waals surface area contributed by atoms with Gasteiger partial charge in [-0.3, -0.25) is 0 Å². The molecule has 0 unspecified atom stereocenters. The van der Waals surface area contributed by atoms with Gasteiger partial charge >= 0.3 is 0 Å². The lowest BCUT2D eigenvalue weighted by molar-refractivity contribution is -0.0480. The van der Waals surface area contributed by atoms with Crippen molar-refractivity contribution < 1.29 is 0 Å². The predicted octanol–water partition coefficient (Wildman–Crippen LogP) is 3.54. The van der Waals surface area contributed by atoms with Crippen LogP contribution in [0.2, 0.25) is 0 Å². The Bertz CT molecular complexity index is 313. The summed E-state index contributed by atoms with van der Waals surface area (Å²) in [6.07, 6.45) is 7.43. The zero-order valence-corrected chi connectivity index (χ0v) is 11.6. The van der Waals surface area contributed by atoms with Crippen LogP contribution in [0.5, 0.6) is 0 Å². The summed E-state index contributed by atoms with van der Waals surface area (Å²) >= 11 is 0. The quantitative estimate of drug-likeness (QED) is 0.654. The maximum absolute atomic E-state index is 2.57. The summed E-state index contributed by atoms with van der Waals surface area (Å²) in [4.78, 5) is 2.56. The summed E-state index contributed by atoms with van der Waals surface area (Å²) in [5.74, 6) is 0.992. The SMILES string of the molecule is CN(C)[C@@H]1C2(CCC2)[C@@H]2CC[C@@]1(C)C2(C)C. The minimum absolute atomic E-state index is 0.557. The van der Waals surface area contributed by atoms with E-state index < -0.39 is 0 Å². The molecule has 0 N–H and O–H groups in total. The van der Waals surface area contributed by atoms with E-state index in [4.69, 9.17) is 0 Å². The van der Waals surface area contributed by atoms with Crippen molar-refractivity contribution in [3.05, 3.63) is 0 Å². The number of hydrogen-bond acceptors (Lipinski definition) is 1. The highest BCUT2D eigenvalue weighted by Gasteiger charge is 2.73. The van der Waals surface area contributed by atoms with Crippen LogP contribution in [0.25, 0.3) is 0 Å². The second kappa shape index (κ2) is 2.85. The van der Waals surface area contributed by atoms with E-state index in [-0.39, 0.29) is 0 Å². The molecule has 1 spiro atoms. The summed E-state index contributed by atoms with van der Waals surface area (Å²) < 4.78 is 0. The van der Waals surface area contributed by atoms with Gasteiger partial charge in [0.05, 0.1) is 0 Å². The van der Waals surface area contributed by atoms with Crippen molar-refractivity contribution in [2.45, 2.75) is 58.9 Å². The fourth-order valence-corrected chi connectivity index (χ4v) is 6.14. The van der Waals surface area contributed by atoms with Crippen LogP contribution >= 0.6 is 0 Å². The van der Waals surface area contributed by atoms with E-state index in [1.54, 1.807) is 0 Å². The molecule has 92 valence electrons. The molecule has 3 aliphatic rings. The fraction of sp³-hybridized carbons (Fsp3) is 1.00. The normalized spacial score (nSPS) is 47.6. The molecule has 0 heterocycles. The maximum Gasteiger partial charge on any atom is 0.0207 e. The lowest BCUT2D eigenvalue weighted by Crippen LogP contribution is -2.55. The van der Waals surface area contributed by atoms with E-state index in [1.807, 2.05) is 0 Å². The zero-order valence-electron chi connectivity index (χ0n) is 11.6. The van der Waals surface area contributed by atoms with Gasteiger partial charge in [0.15, 0.2) is 0 Å². The Labute approximate surface area is 101 Å². The van der Waals surface area contributed by atoms with Gasteiger partial charge < -0.3 is 4.90 Å². The summed E-state index contributed by atoms with van der Waals surface area (Å²) in [7, 11) is 4.62. The van der Waals surface area contributed by atoms with Gasteiger partial charge in [-0.15, -0.1) is 0 Å². The summed E-state index contributed by atoms with van der Waals surface area (Å²) in [5.41, 5.74) is 1.81. The molecule has 0 aromatic heterocycles. The van der Waals surface area contributed by atoms with Crippen LogP contribution in [-0.2, 0) is 0 Å². The average molecular weight is 221 g/mol. The molecule has 3 saturated carbocycles. The first-order chi connectivity index (χ1) is 7.36. The fourth-order valence-electron chi connectivity index (χ4n) is 6.14. The van der Waals surface area contributed by atoms with Crippen LogP contribution in [0, 0.1) is 22.2 Å². The van der Waals surface area contributed by atoms with Gasteiger partial charge in [0.1, 0.15) is 0 Å². The van der Waals surface area contributed by atoms with Crippen LogP contribution in [0.3, 0.4) is 0 Å². The third-order valence-electron chi connectivity index (χ3n) is 6.94. The van der Waals surface area contributed by atoms with Gasteiger partial charge in [0.2, 0.25) is 0 Å². The molecule has 0 aliphatic heterocycles. The Morgan fingerprint density at radius 2 is 1.62 bits per heavy atom. The summed E-state index contributed by atoms with van der Waals surface area (Å²) in [5, 5.41) is 0. The van der Waals surface area contributed by atoms with Crippen molar-refractivity contribution in [3.8, 4) is 0 Å². The van der Waals surface area contributed by atoms with Crippen LogP contribution < -0.4 is 0 Å². The van der Waals surface area contributed by atoms with E-state index in [1.165, 1.54) is 32.1 Å². The first kappa shape index (κ1) is 11.1. The van der Waals surface area contributed by atoms with E-state index in [2.05, 4.69) is 39.8 Å². The largest absolute Gasteiger partial charge is 0.305 e. The third kappa shape index (κ3) is 0.903. The topological polar surface area (TPSA) is 3.24 Å². The van der Waals surface area contributed by atoms with Crippen LogP contribution in [0.4, 0.5) is 0 Å². The Balaban J connectivity index is 2.10. The van der Waals surface area contributed by atoms with E-state index in [0.29, 0.717) is 16.2 Å². The van der Waals surface area contributed by atoms with Crippen molar-refractivity contribution in [2.75, 3.05) is 14.1 Å². The number of hydrogen-bond donors (Lipinski definition) is 0. The van der Waals surface area contributed by atoms with Gasteiger partial charge in [-0.2, -0.15) is 0 Å². The molecule has 3 fully saturated rings. The van der Waals surface area contributed by atoms with E-state index >= 15 is 0 Å². The Morgan fingerprint density at radius 1 is 1.00 bits per heavy atom. The highest BCUT2D eigenvalue weighted by molar-refractivity contribution is 5.24. The van der Waals surface area contributed by atoms with Crippen LogP contribution in [-0.4, -0.2) is 25.0 Å². The molecular formula is C15H27N. The molecular weight excluding hydrogens is 194 g/mol. The molecule has 3 atom stereocenters. The number of nitrogens with zero attached hydrogens (tertiary/aromatic N) is 1. The molecule has 1 heteroatoms. The Hall–Kier alpha value is -0.0400. The molecule has 0 amide bonds. The minimum atomic E-state index is 0.557. The van der Waals surface area contributed by atoms with Crippen molar-refractivity contribution in [1.29, 1.82) is 0 Å². The Morgan fingerprint density at radius 3 is 2.00 bits per heavy atom. The average Bonchev–Trinajstić information content (AvgIpc) is 2.42. The van der Waals surface area contributed by atoms with Crippen molar-refractivity contribution >= 4 is 0 Å². The molecule has 3 aliphatic carbocycles. The third-order valence-corrected chi connectivity index (χ3v) is 6.94. The van der Waals surface area contributed by atoms with Crippen molar-refractivity contribution in [1.82, 2.24) is 4.90 Å². The van der Waals surface area contributed by atoms with Gasteiger partial charge in [-0.25, -0.2) is 0 Å². The lowest BCUT2D eigenvalue weighted by atomic mass is 9.55. The zero-order chi connectivity index (χ0) is 11.8. The Kier molecular flexibility index (Phi) is 1.98. The second-order valence-electron chi connectivity index (χ2n) is 7.68. The first-order valence-corrected chi connectivity index (χ1v) is 7.03. The van der Waals surface area contributed by atoms with Gasteiger partial charge in [-0.05, 0) is 61.9 Å². The smallest absolute Gasteiger partial charge is 0.0207 e. The van der Waals surface area contributed by atoms with Crippen molar-refractivity contribution in [2.24, 2.45) is 22.2 Å². The monoisotopic (exact) mass is 221 g/mol. The van der Waals surface area contributed by atoms with Crippen LogP contribution in [0.15, 0.2) is 0 Å². The molecule has 1 nitrogen and oxygen atoms in total. The predicted molar refractivity (Wildman–Crippen MR) is 68.4 cm³/mol. The molecule has 0 aromatic carbocycles. The van der Waals surface area contributed by atoms with E-state index in [0.717, 1.165) is 12.0 Å². The van der Waals surface area contributed by atoms with Gasteiger partial charge in [-0.1, -0.05) is 27.2 Å². The molecule has 0 aromatic rings. The van der Waals surface area contributed by atoms with Gasteiger partial charge in [0, 0.05) is 6.04 Å². The number of fused-ring (bicyclic) bond motifs is 3. The van der Waals surface area contributed by atoms with E-state index in [9.17, 15) is 0 Å². The molecule has 16 heavy (non-hydrogen) atoms. The first-order valence-electron chi connectivity index (χ1n) is 7.03. The van der Waals surface area contributed by atoms with Crippen molar-refractivity contribution in [3.63, 3.8) is 0 Å². The highest BCUT2D eigenvalue weighted by atomic mass is 15.2.